The first-order valence-corrected chi connectivity index (χ1v) is 10.5. The van der Waals surface area contributed by atoms with Gasteiger partial charge in [-0.15, -0.1) is 11.3 Å². The first-order chi connectivity index (χ1) is 11.1. The van der Waals surface area contributed by atoms with Crippen molar-refractivity contribution in [2.45, 2.75) is 33.1 Å². The normalized spacial score (nSPS) is 14.6. The van der Waals surface area contributed by atoms with Crippen LogP contribution in [-0.2, 0) is 22.9 Å². The highest BCUT2D eigenvalue weighted by Gasteiger charge is 2.22. The fourth-order valence-electron chi connectivity index (χ4n) is 3.11. The molecule has 1 aliphatic carbocycles. The number of aryl methyl sites for hydroxylation is 2. The summed E-state index contributed by atoms with van der Waals surface area (Å²) in [6, 6.07) is 0. The van der Waals surface area contributed by atoms with E-state index in [1.165, 1.54) is 21.2 Å². The molecule has 0 saturated heterocycles. The number of fused-ring (bicyclic) bond motifs is 3. The van der Waals surface area contributed by atoms with E-state index in [9.17, 15) is 8.42 Å². The van der Waals surface area contributed by atoms with Crippen LogP contribution in [0.15, 0.2) is 6.33 Å². The Bertz CT molecular complexity index is 797. The molecular weight excluding hydrogens is 332 g/mol. The number of thiophene rings is 1. The van der Waals surface area contributed by atoms with E-state index in [1.807, 2.05) is 13.8 Å². The molecule has 0 amide bonds. The molecular formula is C15H22N4O2S2. The van der Waals surface area contributed by atoms with Gasteiger partial charge in [0.15, 0.2) is 0 Å². The number of sulfonamides is 1. The third-order valence-electron chi connectivity index (χ3n) is 4.25. The fourth-order valence-corrected chi connectivity index (χ4v) is 5.74. The van der Waals surface area contributed by atoms with Gasteiger partial charge in [0, 0.05) is 24.5 Å². The number of nitrogens with zero attached hydrogens (tertiary/aromatic N) is 3. The Morgan fingerprint density at radius 3 is 2.78 bits per heavy atom. The maximum absolute atomic E-state index is 12.2. The Morgan fingerprint density at radius 1 is 1.26 bits per heavy atom. The van der Waals surface area contributed by atoms with Crippen molar-refractivity contribution in [3.63, 3.8) is 0 Å². The number of hydrogen-bond acceptors (Lipinski definition) is 6. The van der Waals surface area contributed by atoms with Gasteiger partial charge >= 0.3 is 0 Å². The minimum atomic E-state index is -3.21. The van der Waals surface area contributed by atoms with Gasteiger partial charge in [-0.3, -0.25) is 0 Å². The minimum Gasteiger partial charge on any atom is -0.368 e. The Balaban J connectivity index is 1.76. The summed E-state index contributed by atoms with van der Waals surface area (Å²) in [6.45, 7) is 5.09. The summed E-state index contributed by atoms with van der Waals surface area (Å²) in [7, 11) is -3.21. The number of aromatic nitrogens is 2. The summed E-state index contributed by atoms with van der Waals surface area (Å²) in [5.74, 6) is 0.844. The summed E-state index contributed by atoms with van der Waals surface area (Å²) in [4.78, 5) is 11.1. The predicted octanol–water partition coefficient (Wildman–Crippen LogP) is 2.26. The van der Waals surface area contributed by atoms with Crippen molar-refractivity contribution in [1.29, 1.82) is 0 Å². The van der Waals surface area contributed by atoms with Gasteiger partial charge in [0.1, 0.15) is 17.0 Å². The van der Waals surface area contributed by atoms with Crippen LogP contribution in [0.3, 0.4) is 0 Å². The second-order valence-corrected chi connectivity index (χ2v) is 8.76. The summed E-state index contributed by atoms with van der Waals surface area (Å²) in [6.07, 6.45) is 4.91. The van der Waals surface area contributed by atoms with Gasteiger partial charge in [-0.05, 0) is 24.8 Å². The number of nitrogens with one attached hydrogen (secondary N) is 1. The van der Waals surface area contributed by atoms with Crippen LogP contribution in [0, 0.1) is 0 Å². The summed E-state index contributed by atoms with van der Waals surface area (Å²) in [5.41, 5.74) is 1.35. The molecule has 0 radical (unpaired) electrons. The summed E-state index contributed by atoms with van der Waals surface area (Å²) >= 11 is 1.73. The first-order valence-electron chi connectivity index (χ1n) is 8.03. The predicted molar refractivity (Wildman–Crippen MR) is 94.6 cm³/mol. The van der Waals surface area contributed by atoms with E-state index in [1.54, 1.807) is 17.7 Å². The zero-order chi connectivity index (χ0) is 16.4. The van der Waals surface area contributed by atoms with Crippen molar-refractivity contribution in [3.8, 4) is 0 Å². The van der Waals surface area contributed by atoms with Crippen LogP contribution < -0.4 is 5.32 Å². The van der Waals surface area contributed by atoms with Gasteiger partial charge in [-0.25, -0.2) is 22.7 Å². The molecule has 0 fully saturated rings. The zero-order valence-electron chi connectivity index (χ0n) is 13.5. The summed E-state index contributed by atoms with van der Waals surface area (Å²) in [5, 5.41) is 4.30. The molecule has 8 heteroatoms. The Labute approximate surface area is 141 Å². The van der Waals surface area contributed by atoms with Gasteiger partial charge in [-0.1, -0.05) is 13.8 Å². The molecule has 0 spiro atoms. The standard InChI is InChI=1S/C15H22N4O2S2/c1-3-19(4-2)23(20,21)9-8-16-14-13-11-6-5-7-12(11)22-15(13)18-10-17-14/h10H,3-9H2,1-2H3,(H,16,17,18). The topological polar surface area (TPSA) is 75.2 Å². The van der Waals surface area contributed by atoms with Gasteiger partial charge in [0.05, 0.1) is 11.1 Å². The highest BCUT2D eigenvalue weighted by Crippen LogP contribution is 2.38. The minimum absolute atomic E-state index is 0.0759. The van der Waals surface area contributed by atoms with Crippen LogP contribution in [0.25, 0.3) is 10.2 Å². The molecule has 6 nitrogen and oxygen atoms in total. The number of hydrogen-bond donors (Lipinski definition) is 1. The Morgan fingerprint density at radius 2 is 2.04 bits per heavy atom. The van der Waals surface area contributed by atoms with Gasteiger partial charge in [0.2, 0.25) is 10.0 Å². The van der Waals surface area contributed by atoms with Crippen LogP contribution in [0.5, 0.6) is 0 Å². The molecule has 126 valence electrons. The van der Waals surface area contributed by atoms with Crippen LogP contribution >= 0.6 is 11.3 Å². The highest BCUT2D eigenvalue weighted by molar-refractivity contribution is 7.89. The van der Waals surface area contributed by atoms with E-state index in [0.717, 1.165) is 28.9 Å². The largest absolute Gasteiger partial charge is 0.368 e. The van der Waals surface area contributed by atoms with Crippen LogP contribution in [-0.4, -0.2) is 48.1 Å². The molecule has 0 saturated carbocycles. The average molecular weight is 355 g/mol. The lowest BCUT2D eigenvalue weighted by atomic mass is 10.2. The van der Waals surface area contributed by atoms with Gasteiger partial charge in [-0.2, -0.15) is 0 Å². The van der Waals surface area contributed by atoms with Crippen molar-refractivity contribution in [2.24, 2.45) is 0 Å². The van der Waals surface area contributed by atoms with E-state index < -0.39 is 10.0 Å². The van der Waals surface area contributed by atoms with Gasteiger partial charge in [0.25, 0.3) is 0 Å². The third-order valence-corrected chi connectivity index (χ3v) is 7.48. The van der Waals surface area contributed by atoms with E-state index >= 15 is 0 Å². The molecule has 0 bridgehead atoms. The molecule has 0 atom stereocenters. The highest BCUT2D eigenvalue weighted by atomic mass is 32.2. The van der Waals surface area contributed by atoms with E-state index in [-0.39, 0.29) is 5.75 Å². The first kappa shape index (κ1) is 16.6. The molecule has 1 N–H and O–H groups in total. The molecule has 0 aliphatic heterocycles. The molecule has 0 unspecified atom stereocenters. The molecule has 2 aromatic rings. The van der Waals surface area contributed by atoms with Crippen molar-refractivity contribution < 1.29 is 8.42 Å². The van der Waals surface area contributed by atoms with E-state index in [4.69, 9.17) is 0 Å². The van der Waals surface area contributed by atoms with Crippen LogP contribution in [0.1, 0.15) is 30.7 Å². The molecule has 2 aromatic heterocycles. The average Bonchev–Trinajstić information content (AvgIpc) is 3.08. The molecule has 0 aromatic carbocycles. The number of rotatable bonds is 7. The summed E-state index contributed by atoms with van der Waals surface area (Å²) < 4.78 is 26.0. The van der Waals surface area contributed by atoms with Crippen molar-refractivity contribution >= 4 is 37.4 Å². The second kappa shape index (κ2) is 6.70. The maximum Gasteiger partial charge on any atom is 0.215 e. The van der Waals surface area contributed by atoms with E-state index in [0.29, 0.717) is 19.6 Å². The SMILES string of the molecule is CCN(CC)S(=O)(=O)CCNc1ncnc2sc3c(c12)CCC3. The fraction of sp³-hybridized carbons (Fsp3) is 0.600. The lowest BCUT2D eigenvalue weighted by molar-refractivity contribution is 0.446. The zero-order valence-corrected chi connectivity index (χ0v) is 15.1. The molecule has 1 aliphatic rings. The Hall–Kier alpha value is -1.25. The number of anilines is 1. The van der Waals surface area contributed by atoms with E-state index in [2.05, 4.69) is 15.3 Å². The van der Waals surface area contributed by atoms with Crippen molar-refractivity contribution in [3.05, 3.63) is 16.8 Å². The third kappa shape index (κ3) is 3.20. The maximum atomic E-state index is 12.2. The van der Waals surface area contributed by atoms with Gasteiger partial charge < -0.3 is 5.32 Å². The monoisotopic (exact) mass is 354 g/mol. The van der Waals surface area contributed by atoms with Crippen molar-refractivity contribution in [2.75, 3.05) is 30.7 Å². The smallest absolute Gasteiger partial charge is 0.215 e. The second-order valence-electron chi connectivity index (χ2n) is 5.59. The van der Waals surface area contributed by atoms with Crippen LogP contribution in [0.2, 0.25) is 0 Å². The molecule has 3 rings (SSSR count). The Kier molecular flexibility index (Phi) is 4.84. The lowest BCUT2D eigenvalue weighted by Crippen LogP contribution is -2.34. The quantitative estimate of drug-likeness (QED) is 0.825. The van der Waals surface area contributed by atoms with Crippen molar-refractivity contribution in [1.82, 2.24) is 14.3 Å². The lowest BCUT2D eigenvalue weighted by Gasteiger charge is -2.18. The molecule has 23 heavy (non-hydrogen) atoms. The van der Waals surface area contributed by atoms with Crippen LogP contribution in [0.4, 0.5) is 5.82 Å². The molecule has 2 heterocycles.